The second kappa shape index (κ2) is 7.03. The first-order chi connectivity index (χ1) is 8.82. The quantitative estimate of drug-likeness (QED) is 0.764. The first kappa shape index (κ1) is 16.1. The molecule has 5 atom stereocenters. The third-order valence-electron chi connectivity index (χ3n) is 3.87. The van der Waals surface area contributed by atoms with Crippen LogP contribution < -0.4 is 5.32 Å². The number of carbonyl (C=O) groups is 2. The molecule has 2 N–H and O–H groups in total. The standard InChI is InChI=1S/C13H23NO4S/c1-8-6-10(11(7-8)13(16)17)12(15)14-5-4-9(2)19(3)18/h8-11H,4-7H2,1-3H3,(H,14,15)(H,16,17)/t8?,9?,10-,11+,19?/m0/s1. The van der Waals surface area contributed by atoms with Gasteiger partial charge in [0, 0.05) is 28.9 Å². The first-order valence-electron chi connectivity index (χ1n) is 6.65. The monoisotopic (exact) mass is 289 g/mol. The molecule has 0 aromatic carbocycles. The van der Waals surface area contributed by atoms with Crippen molar-refractivity contribution in [3.8, 4) is 0 Å². The van der Waals surface area contributed by atoms with Crippen molar-refractivity contribution in [2.75, 3.05) is 12.8 Å². The zero-order chi connectivity index (χ0) is 14.6. The number of rotatable bonds is 6. The summed E-state index contributed by atoms with van der Waals surface area (Å²) in [6, 6.07) is 0. The maximum absolute atomic E-state index is 12.0. The average Bonchev–Trinajstić information content (AvgIpc) is 2.71. The van der Waals surface area contributed by atoms with Gasteiger partial charge in [-0.3, -0.25) is 13.8 Å². The number of carbonyl (C=O) groups excluding carboxylic acids is 1. The molecule has 0 spiro atoms. The molecule has 3 unspecified atom stereocenters. The second-order valence-corrected chi connectivity index (χ2v) is 7.32. The summed E-state index contributed by atoms with van der Waals surface area (Å²) in [5.41, 5.74) is 0. The van der Waals surface area contributed by atoms with E-state index in [0.29, 0.717) is 25.8 Å². The largest absolute Gasteiger partial charge is 0.481 e. The molecule has 19 heavy (non-hydrogen) atoms. The Kier molecular flexibility index (Phi) is 5.97. The Bertz CT molecular complexity index is 372. The van der Waals surface area contributed by atoms with Crippen LogP contribution in [0.3, 0.4) is 0 Å². The minimum atomic E-state index is -0.892. The molecule has 1 fully saturated rings. The summed E-state index contributed by atoms with van der Waals surface area (Å²) in [6.45, 7) is 4.31. The molecule has 0 bridgehead atoms. The Morgan fingerprint density at radius 2 is 1.95 bits per heavy atom. The molecular formula is C13H23NO4S. The maximum Gasteiger partial charge on any atom is 0.307 e. The summed E-state index contributed by atoms with van der Waals surface area (Å²) >= 11 is 0. The van der Waals surface area contributed by atoms with E-state index < -0.39 is 28.6 Å². The van der Waals surface area contributed by atoms with Crippen LogP contribution in [-0.4, -0.2) is 39.2 Å². The lowest BCUT2D eigenvalue weighted by Gasteiger charge is -2.16. The van der Waals surface area contributed by atoms with E-state index in [-0.39, 0.29) is 17.1 Å². The van der Waals surface area contributed by atoms with Gasteiger partial charge < -0.3 is 10.4 Å². The van der Waals surface area contributed by atoms with E-state index in [2.05, 4.69) is 5.32 Å². The van der Waals surface area contributed by atoms with E-state index in [1.807, 2.05) is 13.8 Å². The summed E-state index contributed by atoms with van der Waals surface area (Å²) in [6.07, 6.45) is 3.50. The van der Waals surface area contributed by atoms with Crippen molar-refractivity contribution < 1.29 is 18.9 Å². The van der Waals surface area contributed by atoms with Crippen molar-refractivity contribution in [1.29, 1.82) is 0 Å². The number of hydrogen-bond donors (Lipinski definition) is 2. The van der Waals surface area contributed by atoms with Crippen molar-refractivity contribution in [3.63, 3.8) is 0 Å². The summed E-state index contributed by atoms with van der Waals surface area (Å²) in [5.74, 6) is -1.76. The number of amides is 1. The topological polar surface area (TPSA) is 83.5 Å². The van der Waals surface area contributed by atoms with Gasteiger partial charge in [0.1, 0.15) is 0 Å². The molecule has 1 aliphatic rings. The number of carboxylic acids is 1. The van der Waals surface area contributed by atoms with Gasteiger partial charge in [-0.2, -0.15) is 0 Å². The van der Waals surface area contributed by atoms with Crippen LogP contribution in [0.2, 0.25) is 0 Å². The predicted molar refractivity (Wildman–Crippen MR) is 74.2 cm³/mol. The molecule has 1 aliphatic carbocycles. The fourth-order valence-corrected chi connectivity index (χ4v) is 3.00. The van der Waals surface area contributed by atoms with E-state index in [1.165, 1.54) is 0 Å². The lowest BCUT2D eigenvalue weighted by Crippen LogP contribution is -2.36. The molecular weight excluding hydrogens is 266 g/mol. The number of hydrogen-bond acceptors (Lipinski definition) is 3. The van der Waals surface area contributed by atoms with Crippen LogP contribution in [0.25, 0.3) is 0 Å². The fraction of sp³-hybridized carbons (Fsp3) is 0.846. The van der Waals surface area contributed by atoms with Gasteiger partial charge in [0.15, 0.2) is 0 Å². The Hall–Kier alpha value is -0.910. The van der Waals surface area contributed by atoms with Crippen molar-refractivity contribution in [2.45, 2.75) is 38.4 Å². The molecule has 1 rings (SSSR count). The molecule has 0 heterocycles. The van der Waals surface area contributed by atoms with E-state index in [1.54, 1.807) is 6.26 Å². The van der Waals surface area contributed by atoms with Gasteiger partial charge >= 0.3 is 5.97 Å². The summed E-state index contributed by atoms with van der Waals surface area (Å²) in [7, 11) is -0.892. The van der Waals surface area contributed by atoms with E-state index >= 15 is 0 Å². The van der Waals surface area contributed by atoms with Crippen molar-refractivity contribution in [1.82, 2.24) is 5.32 Å². The van der Waals surface area contributed by atoms with Crippen LogP contribution in [0, 0.1) is 17.8 Å². The van der Waals surface area contributed by atoms with Gasteiger partial charge in [-0.25, -0.2) is 0 Å². The Morgan fingerprint density at radius 3 is 2.47 bits per heavy atom. The van der Waals surface area contributed by atoms with Gasteiger partial charge in [0.05, 0.1) is 11.8 Å². The number of aliphatic carboxylic acids is 1. The summed E-state index contributed by atoms with van der Waals surface area (Å²) in [4.78, 5) is 23.1. The molecule has 0 aliphatic heterocycles. The highest BCUT2D eigenvalue weighted by Crippen LogP contribution is 2.36. The van der Waals surface area contributed by atoms with E-state index in [4.69, 9.17) is 5.11 Å². The molecule has 6 heteroatoms. The first-order valence-corrected chi connectivity index (χ1v) is 8.27. The Labute approximate surface area is 116 Å². The molecule has 110 valence electrons. The lowest BCUT2D eigenvalue weighted by molar-refractivity contribution is -0.146. The maximum atomic E-state index is 12.0. The predicted octanol–water partition coefficient (Wildman–Crippen LogP) is 1.01. The highest BCUT2D eigenvalue weighted by Gasteiger charge is 2.40. The SMILES string of the molecule is CC1C[C@H](C(=O)NCCC(C)S(C)=O)[C@H](C(=O)O)C1. The normalized spacial score (nSPS) is 29.7. The van der Waals surface area contributed by atoms with Crippen molar-refractivity contribution >= 4 is 22.7 Å². The zero-order valence-electron chi connectivity index (χ0n) is 11.7. The van der Waals surface area contributed by atoms with Crippen LogP contribution in [0.1, 0.15) is 33.1 Å². The van der Waals surface area contributed by atoms with Gasteiger partial charge in [0.2, 0.25) is 5.91 Å². The van der Waals surface area contributed by atoms with Gasteiger partial charge in [0.25, 0.3) is 0 Å². The Balaban J connectivity index is 2.44. The minimum absolute atomic E-state index is 0.0399. The van der Waals surface area contributed by atoms with Crippen LogP contribution in [0.15, 0.2) is 0 Å². The van der Waals surface area contributed by atoms with Crippen LogP contribution >= 0.6 is 0 Å². The average molecular weight is 289 g/mol. The molecule has 0 saturated heterocycles. The summed E-state index contributed by atoms with van der Waals surface area (Å²) < 4.78 is 11.2. The van der Waals surface area contributed by atoms with Crippen LogP contribution in [0.4, 0.5) is 0 Å². The fourth-order valence-electron chi connectivity index (χ4n) is 2.55. The van der Waals surface area contributed by atoms with Crippen molar-refractivity contribution in [3.05, 3.63) is 0 Å². The number of carboxylic acid groups (broad SMARTS) is 1. The smallest absolute Gasteiger partial charge is 0.307 e. The molecule has 1 amide bonds. The highest BCUT2D eigenvalue weighted by atomic mass is 32.2. The molecule has 5 nitrogen and oxygen atoms in total. The highest BCUT2D eigenvalue weighted by molar-refractivity contribution is 7.84. The van der Waals surface area contributed by atoms with E-state index in [0.717, 1.165) is 0 Å². The number of nitrogens with one attached hydrogen (secondary N) is 1. The van der Waals surface area contributed by atoms with Gasteiger partial charge in [-0.15, -0.1) is 0 Å². The lowest BCUT2D eigenvalue weighted by atomic mass is 9.95. The van der Waals surface area contributed by atoms with Crippen molar-refractivity contribution in [2.24, 2.45) is 17.8 Å². The van der Waals surface area contributed by atoms with Gasteiger partial charge in [-0.05, 0) is 25.2 Å². The summed E-state index contributed by atoms with van der Waals surface area (Å²) in [5, 5.41) is 11.9. The van der Waals surface area contributed by atoms with Crippen LogP contribution in [-0.2, 0) is 20.4 Å². The molecule has 0 radical (unpaired) electrons. The zero-order valence-corrected chi connectivity index (χ0v) is 12.5. The Morgan fingerprint density at radius 1 is 1.37 bits per heavy atom. The molecule has 1 saturated carbocycles. The molecule has 0 aromatic heterocycles. The van der Waals surface area contributed by atoms with Gasteiger partial charge in [-0.1, -0.05) is 13.8 Å². The second-order valence-electron chi connectivity index (χ2n) is 5.52. The molecule has 0 aromatic rings. The van der Waals surface area contributed by atoms with E-state index in [9.17, 15) is 13.8 Å². The van der Waals surface area contributed by atoms with Crippen LogP contribution in [0.5, 0.6) is 0 Å². The third kappa shape index (κ3) is 4.60. The third-order valence-corrected chi connectivity index (χ3v) is 5.24. The minimum Gasteiger partial charge on any atom is -0.481 e.